The molecule has 0 radical (unpaired) electrons. The third-order valence-electron chi connectivity index (χ3n) is 4.80. The van der Waals surface area contributed by atoms with Crippen LogP contribution in [0.25, 0.3) is 11.5 Å². The fourth-order valence-electron chi connectivity index (χ4n) is 3.31. The number of carbonyl (C=O) groups is 1. The molecule has 1 amide bonds. The minimum Gasteiger partial charge on any atom is -0.420 e. The average molecular weight is 406 g/mol. The number of nitrogens with zero attached hydrogens (tertiary/aromatic N) is 4. The lowest BCUT2D eigenvalue weighted by Crippen LogP contribution is -2.39. The Morgan fingerprint density at radius 1 is 1.21 bits per heavy atom. The van der Waals surface area contributed by atoms with Crippen molar-refractivity contribution in [2.45, 2.75) is 31.9 Å². The smallest absolute Gasteiger partial charge is 0.416 e. The van der Waals surface area contributed by atoms with Gasteiger partial charge < -0.3 is 13.8 Å². The first kappa shape index (κ1) is 19.2. The third-order valence-corrected chi connectivity index (χ3v) is 4.80. The Morgan fingerprint density at radius 2 is 1.97 bits per heavy atom. The van der Waals surface area contributed by atoms with Gasteiger partial charge in [-0.1, -0.05) is 5.16 Å². The van der Waals surface area contributed by atoms with Crippen LogP contribution in [0.5, 0.6) is 0 Å². The third kappa shape index (κ3) is 4.01. The first-order valence-electron chi connectivity index (χ1n) is 9.05. The number of rotatable bonds is 3. The first-order chi connectivity index (χ1) is 13.8. The number of hydrogen-bond donors (Lipinski definition) is 0. The van der Waals surface area contributed by atoms with Crippen molar-refractivity contribution in [2.75, 3.05) is 13.1 Å². The Hall–Kier alpha value is -3.17. The topological polar surface area (TPSA) is 85.3 Å². The second-order valence-corrected chi connectivity index (χ2v) is 6.93. The minimum atomic E-state index is -4.40. The molecule has 3 aromatic rings. The number of likely N-dealkylation sites (tertiary alicyclic amines) is 1. The van der Waals surface area contributed by atoms with Gasteiger partial charge in [-0.05, 0) is 44.0 Å². The van der Waals surface area contributed by atoms with Crippen molar-refractivity contribution in [3.8, 4) is 11.5 Å². The second-order valence-electron chi connectivity index (χ2n) is 6.93. The molecule has 4 rings (SSSR count). The van der Waals surface area contributed by atoms with E-state index in [-0.39, 0.29) is 23.4 Å². The molecule has 0 bridgehead atoms. The zero-order chi connectivity index (χ0) is 20.6. The molecule has 10 heteroatoms. The van der Waals surface area contributed by atoms with Gasteiger partial charge in [0.05, 0.1) is 11.5 Å². The van der Waals surface area contributed by atoms with E-state index < -0.39 is 11.7 Å². The van der Waals surface area contributed by atoms with Crippen LogP contribution in [0.1, 0.15) is 46.5 Å². The van der Waals surface area contributed by atoms with Crippen LogP contribution in [0.4, 0.5) is 13.2 Å². The summed E-state index contributed by atoms with van der Waals surface area (Å²) in [5.41, 5.74) is -0.0943. The van der Waals surface area contributed by atoms with Crippen LogP contribution in [0.15, 0.2) is 39.3 Å². The Kier molecular flexibility index (Phi) is 4.85. The maximum absolute atomic E-state index is 12.7. The molecule has 1 unspecified atom stereocenters. The zero-order valence-corrected chi connectivity index (χ0v) is 15.4. The molecule has 2 aromatic heterocycles. The van der Waals surface area contributed by atoms with E-state index in [1.54, 1.807) is 17.9 Å². The van der Waals surface area contributed by atoms with Gasteiger partial charge >= 0.3 is 6.18 Å². The number of amides is 1. The van der Waals surface area contributed by atoms with Gasteiger partial charge in [0.2, 0.25) is 11.8 Å². The number of benzene rings is 1. The van der Waals surface area contributed by atoms with Crippen molar-refractivity contribution in [1.82, 2.24) is 20.3 Å². The summed E-state index contributed by atoms with van der Waals surface area (Å²) in [6.45, 7) is 2.69. The predicted octanol–water partition coefficient (Wildman–Crippen LogP) is 4.07. The van der Waals surface area contributed by atoms with Gasteiger partial charge in [0, 0.05) is 24.7 Å². The summed E-state index contributed by atoms with van der Waals surface area (Å²) in [5, 5.41) is 11.8. The maximum Gasteiger partial charge on any atom is 0.416 e. The molecular formula is C19H17F3N4O3. The standard InChI is InChI=1S/C19H17F3N4O3/c1-11-9-15(25-29-11)18(27)26-8-2-3-13(10-26)17-24-23-16(28-17)12-4-6-14(7-5-12)19(20,21)22/h4-7,9,13H,2-3,8,10H2,1H3. The monoisotopic (exact) mass is 406 g/mol. The van der Waals surface area contributed by atoms with Gasteiger partial charge in [0.25, 0.3) is 5.91 Å². The highest BCUT2D eigenvalue weighted by Crippen LogP contribution is 2.32. The van der Waals surface area contributed by atoms with Crippen LogP contribution in [-0.2, 0) is 6.18 Å². The van der Waals surface area contributed by atoms with E-state index in [1.807, 2.05) is 0 Å². The summed E-state index contributed by atoms with van der Waals surface area (Å²) in [4.78, 5) is 14.2. The van der Waals surface area contributed by atoms with E-state index in [0.717, 1.165) is 25.0 Å². The van der Waals surface area contributed by atoms with Crippen molar-refractivity contribution in [3.05, 3.63) is 53.2 Å². The summed E-state index contributed by atoms with van der Waals surface area (Å²) >= 11 is 0. The zero-order valence-electron chi connectivity index (χ0n) is 15.4. The highest BCUT2D eigenvalue weighted by molar-refractivity contribution is 5.92. The number of hydrogen-bond acceptors (Lipinski definition) is 6. The molecule has 1 aliphatic heterocycles. The van der Waals surface area contributed by atoms with Crippen molar-refractivity contribution in [3.63, 3.8) is 0 Å². The van der Waals surface area contributed by atoms with E-state index in [0.29, 0.717) is 30.3 Å². The molecule has 7 nitrogen and oxygen atoms in total. The summed E-state index contributed by atoms with van der Waals surface area (Å²) in [7, 11) is 0. The number of aryl methyl sites for hydroxylation is 1. The fraction of sp³-hybridized carbons (Fsp3) is 0.368. The highest BCUT2D eigenvalue weighted by atomic mass is 19.4. The van der Waals surface area contributed by atoms with Crippen LogP contribution in [0.2, 0.25) is 0 Å². The Balaban J connectivity index is 1.48. The number of piperidine rings is 1. The SMILES string of the molecule is Cc1cc(C(=O)N2CCCC(c3nnc(-c4ccc(C(F)(F)F)cc4)o3)C2)no1. The number of aromatic nitrogens is 3. The second kappa shape index (κ2) is 7.34. The Bertz CT molecular complexity index is 1010. The molecule has 0 N–H and O–H groups in total. The lowest BCUT2D eigenvalue weighted by molar-refractivity contribution is -0.137. The van der Waals surface area contributed by atoms with Crippen molar-refractivity contribution < 1.29 is 26.9 Å². The Morgan fingerprint density at radius 3 is 2.62 bits per heavy atom. The molecule has 1 fully saturated rings. The molecule has 1 aliphatic rings. The molecule has 1 saturated heterocycles. The fourth-order valence-corrected chi connectivity index (χ4v) is 3.31. The van der Waals surface area contributed by atoms with Crippen molar-refractivity contribution >= 4 is 5.91 Å². The maximum atomic E-state index is 12.7. The lowest BCUT2D eigenvalue weighted by atomic mass is 9.98. The van der Waals surface area contributed by atoms with Gasteiger partial charge in [0.1, 0.15) is 5.76 Å². The summed E-state index contributed by atoms with van der Waals surface area (Å²) in [6.07, 6.45) is -2.89. The highest BCUT2D eigenvalue weighted by Gasteiger charge is 2.31. The summed E-state index contributed by atoms with van der Waals surface area (Å²) in [5.74, 6) is 0.670. The minimum absolute atomic E-state index is 0.143. The van der Waals surface area contributed by atoms with Gasteiger partial charge in [0.15, 0.2) is 5.69 Å². The number of carbonyl (C=O) groups excluding carboxylic acids is 1. The molecular weight excluding hydrogens is 389 g/mol. The van der Waals surface area contributed by atoms with Gasteiger partial charge in [-0.25, -0.2) is 0 Å². The van der Waals surface area contributed by atoms with Gasteiger partial charge in [-0.2, -0.15) is 13.2 Å². The predicted molar refractivity (Wildman–Crippen MR) is 93.9 cm³/mol. The summed E-state index contributed by atoms with van der Waals surface area (Å²) in [6, 6.07) is 6.12. The number of halogens is 3. The molecule has 29 heavy (non-hydrogen) atoms. The molecule has 0 aliphatic carbocycles. The van der Waals surface area contributed by atoms with E-state index in [2.05, 4.69) is 15.4 Å². The van der Waals surface area contributed by atoms with E-state index in [9.17, 15) is 18.0 Å². The summed E-state index contributed by atoms with van der Waals surface area (Å²) < 4.78 is 48.8. The van der Waals surface area contributed by atoms with Gasteiger partial charge in [-0.3, -0.25) is 4.79 Å². The molecule has 3 heterocycles. The van der Waals surface area contributed by atoms with Crippen molar-refractivity contribution in [2.24, 2.45) is 0 Å². The van der Waals surface area contributed by atoms with Crippen molar-refractivity contribution in [1.29, 1.82) is 0 Å². The molecule has 0 saturated carbocycles. The van der Waals surface area contributed by atoms with E-state index >= 15 is 0 Å². The molecule has 152 valence electrons. The average Bonchev–Trinajstić information content (AvgIpc) is 3.36. The first-order valence-corrected chi connectivity index (χ1v) is 9.05. The molecule has 1 aromatic carbocycles. The van der Waals surface area contributed by atoms with Crippen LogP contribution >= 0.6 is 0 Å². The van der Waals surface area contributed by atoms with Crippen LogP contribution in [0.3, 0.4) is 0 Å². The van der Waals surface area contributed by atoms with Crippen LogP contribution < -0.4 is 0 Å². The van der Waals surface area contributed by atoms with Crippen LogP contribution in [0, 0.1) is 6.92 Å². The Labute approximate surface area is 163 Å². The van der Waals surface area contributed by atoms with E-state index in [1.165, 1.54) is 12.1 Å². The van der Waals surface area contributed by atoms with Gasteiger partial charge in [-0.15, -0.1) is 10.2 Å². The largest absolute Gasteiger partial charge is 0.420 e. The number of alkyl halides is 3. The molecule has 0 spiro atoms. The van der Waals surface area contributed by atoms with Crippen LogP contribution in [-0.4, -0.2) is 39.3 Å². The normalized spacial score (nSPS) is 17.5. The molecule has 1 atom stereocenters. The van der Waals surface area contributed by atoms with E-state index in [4.69, 9.17) is 8.94 Å². The quantitative estimate of drug-likeness (QED) is 0.652. The lowest BCUT2D eigenvalue weighted by Gasteiger charge is -2.30.